The van der Waals surface area contributed by atoms with Crippen molar-refractivity contribution >= 4 is 17.4 Å². The van der Waals surface area contributed by atoms with E-state index in [0.717, 1.165) is 5.56 Å². The molecule has 0 radical (unpaired) electrons. The van der Waals surface area contributed by atoms with E-state index >= 15 is 0 Å². The number of hydrogen-bond acceptors (Lipinski definition) is 6. The molecule has 3 rings (SSSR count). The number of Topliss-reactive ketones (excluding diaryl/α,β-unsaturated/α-hetero) is 1. The van der Waals surface area contributed by atoms with Crippen LogP contribution in [0.5, 0.6) is 5.75 Å². The summed E-state index contributed by atoms with van der Waals surface area (Å²) in [5, 5.41) is 11.1. The van der Waals surface area contributed by atoms with Gasteiger partial charge < -0.3 is 23.9 Å². The molecule has 0 saturated carbocycles. The highest BCUT2D eigenvalue weighted by molar-refractivity contribution is 6.46. The number of ketones is 1. The van der Waals surface area contributed by atoms with E-state index in [1.807, 2.05) is 13.8 Å². The topological polar surface area (TPSA) is 89.2 Å². The molecule has 1 aliphatic rings. The Morgan fingerprint density at radius 1 is 1.20 bits per heavy atom. The Labute approximate surface area is 175 Å². The van der Waals surface area contributed by atoms with Crippen LogP contribution in [0.3, 0.4) is 0 Å². The summed E-state index contributed by atoms with van der Waals surface area (Å²) in [5.41, 5.74) is 1.34. The van der Waals surface area contributed by atoms with E-state index in [9.17, 15) is 14.7 Å². The number of methoxy groups -OCH3 is 2. The van der Waals surface area contributed by atoms with Gasteiger partial charge in [0.2, 0.25) is 0 Å². The predicted octanol–water partition coefficient (Wildman–Crippen LogP) is 3.79. The number of amides is 1. The second-order valence-electron chi connectivity index (χ2n) is 7.55. The second-order valence-corrected chi connectivity index (χ2v) is 7.55. The fourth-order valence-corrected chi connectivity index (χ4v) is 3.68. The number of nitrogens with zero attached hydrogens (tertiary/aromatic N) is 1. The Bertz CT molecular complexity index is 987. The van der Waals surface area contributed by atoms with Crippen LogP contribution in [0.4, 0.5) is 0 Å². The van der Waals surface area contributed by atoms with Crippen molar-refractivity contribution < 1.29 is 28.6 Å². The van der Waals surface area contributed by atoms with Gasteiger partial charge in [0.15, 0.2) is 0 Å². The van der Waals surface area contributed by atoms with Crippen LogP contribution in [0.1, 0.15) is 48.5 Å². The Hall–Kier alpha value is -3.06. The number of rotatable bonds is 7. The van der Waals surface area contributed by atoms with Gasteiger partial charge in [0, 0.05) is 19.2 Å². The van der Waals surface area contributed by atoms with Crippen molar-refractivity contribution in [2.45, 2.75) is 32.7 Å². The van der Waals surface area contributed by atoms with Gasteiger partial charge in [-0.05, 0) is 48.7 Å². The third-order valence-electron chi connectivity index (χ3n) is 5.23. The largest absolute Gasteiger partial charge is 0.507 e. The lowest BCUT2D eigenvalue weighted by atomic mass is 9.95. The Kier molecular flexibility index (Phi) is 6.31. The smallest absolute Gasteiger partial charge is 0.295 e. The fourth-order valence-electron chi connectivity index (χ4n) is 3.68. The predicted molar refractivity (Wildman–Crippen MR) is 111 cm³/mol. The minimum absolute atomic E-state index is 0.00493. The maximum atomic E-state index is 12.9. The van der Waals surface area contributed by atoms with E-state index in [1.54, 1.807) is 44.4 Å². The number of benzene rings is 1. The van der Waals surface area contributed by atoms with E-state index in [0.29, 0.717) is 22.8 Å². The molecular weight excluding hydrogens is 386 g/mol. The van der Waals surface area contributed by atoms with Gasteiger partial charge in [-0.2, -0.15) is 0 Å². The molecule has 1 aromatic heterocycles. The van der Waals surface area contributed by atoms with Crippen molar-refractivity contribution in [1.82, 2.24) is 4.90 Å². The highest BCUT2D eigenvalue weighted by Crippen LogP contribution is 2.40. The van der Waals surface area contributed by atoms with Crippen LogP contribution in [-0.4, -0.2) is 49.1 Å². The first-order valence-electron chi connectivity index (χ1n) is 9.82. The number of carbonyl (C=O) groups is 2. The Balaban J connectivity index is 2.17. The number of ether oxygens (including phenoxy) is 2. The number of likely N-dealkylation sites (tertiary alicyclic amines) is 1. The Morgan fingerprint density at radius 2 is 1.93 bits per heavy atom. The van der Waals surface area contributed by atoms with Crippen LogP contribution in [0.25, 0.3) is 5.76 Å². The molecule has 0 spiro atoms. The van der Waals surface area contributed by atoms with Crippen LogP contribution in [-0.2, 0) is 14.3 Å². The molecule has 2 heterocycles. The summed E-state index contributed by atoms with van der Waals surface area (Å²) >= 11 is 0. The molecule has 1 unspecified atom stereocenters. The zero-order valence-electron chi connectivity index (χ0n) is 17.9. The lowest BCUT2D eigenvalue weighted by Crippen LogP contribution is -2.32. The monoisotopic (exact) mass is 413 g/mol. The molecule has 1 saturated heterocycles. The van der Waals surface area contributed by atoms with Crippen LogP contribution >= 0.6 is 0 Å². The lowest BCUT2D eigenvalue weighted by Gasteiger charge is -2.23. The molecular formula is C23H27NO6. The highest BCUT2D eigenvalue weighted by Gasteiger charge is 2.47. The molecule has 1 atom stereocenters. The van der Waals surface area contributed by atoms with Crippen LogP contribution < -0.4 is 4.74 Å². The van der Waals surface area contributed by atoms with Gasteiger partial charge in [-0.25, -0.2) is 0 Å². The maximum Gasteiger partial charge on any atom is 0.295 e. The van der Waals surface area contributed by atoms with Crippen molar-refractivity contribution in [2.75, 3.05) is 27.4 Å². The van der Waals surface area contributed by atoms with Crippen molar-refractivity contribution in [3.8, 4) is 5.75 Å². The SMILES string of the molecule is COCCN1C(=O)C(=O)/C(=C(\O)c2ccc(OC)c(C(C)C)c2)C1c1ccc(C)o1. The van der Waals surface area contributed by atoms with E-state index in [2.05, 4.69) is 0 Å². The number of aliphatic hydroxyl groups is 1. The van der Waals surface area contributed by atoms with Gasteiger partial charge in [-0.3, -0.25) is 9.59 Å². The molecule has 30 heavy (non-hydrogen) atoms. The van der Waals surface area contributed by atoms with Crippen LogP contribution in [0.15, 0.2) is 40.3 Å². The van der Waals surface area contributed by atoms with Crippen molar-refractivity contribution in [3.63, 3.8) is 0 Å². The first-order chi connectivity index (χ1) is 14.3. The molecule has 2 aromatic rings. The number of aliphatic hydroxyl groups excluding tert-OH is 1. The van der Waals surface area contributed by atoms with E-state index in [-0.39, 0.29) is 30.4 Å². The van der Waals surface area contributed by atoms with Gasteiger partial charge in [0.25, 0.3) is 11.7 Å². The van der Waals surface area contributed by atoms with Crippen LogP contribution in [0, 0.1) is 6.92 Å². The highest BCUT2D eigenvalue weighted by atomic mass is 16.5. The minimum atomic E-state index is -0.821. The van der Waals surface area contributed by atoms with Gasteiger partial charge in [0.05, 0.1) is 19.3 Å². The quantitative estimate of drug-likeness (QED) is 0.422. The molecule has 7 heteroatoms. The molecule has 1 N–H and O–H groups in total. The molecule has 0 aliphatic carbocycles. The first kappa shape index (κ1) is 21.6. The van der Waals surface area contributed by atoms with Crippen molar-refractivity contribution in [1.29, 1.82) is 0 Å². The van der Waals surface area contributed by atoms with Crippen molar-refractivity contribution in [3.05, 3.63) is 58.6 Å². The standard InChI is InChI=1S/C23H27NO6/c1-13(2)16-12-15(7-9-17(16)29-5)21(25)19-20(18-8-6-14(3)30-18)24(10-11-28-4)23(27)22(19)26/h6-9,12-13,20,25H,10-11H2,1-5H3/b21-19-. The number of hydrogen-bond donors (Lipinski definition) is 1. The summed E-state index contributed by atoms with van der Waals surface area (Å²) < 4.78 is 16.2. The molecule has 1 fully saturated rings. The second kappa shape index (κ2) is 8.75. The molecule has 1 amide bonds. The summed E-state index contributed by atoms with van der Waals surface area (Å²) in [6.07, 6.45) is 0. The zero-order valence-corrected chi connectivity index (χ0v) is 17.9. The molecule has 1 aliphatic heterocycles. The molecule has 0 bridgehead atoms. The van der Waals surface area contributed by atoms with Gasteiger partial charge in [-0.1, -0.05) is 13.8 Å². The summed E-state index contributed by atoms with van der Waals surface area (Å²) in [4.78, 5) is 27.0. The van der Waals surface area contributed by atoms with E-state index in [1.165, 1.54) is 12.0 Å². The average Bonchev–Trinajstić information content (AvgIpc) is 3.26. The molecule has 1 aromatic carbocycles. The number of carbonyl (C=O) groups excluding carboxylic acids is 2. The summed E-state index contributed by atoms with van der Waals surface area (Å²) in [5.74, 6) is 0.225. The molecule has 160 valence electrons. The van der Waals surface area contributed by atoms with Crippen LogP contribution in [0.2, 0.25) is 0 Å². The normalized spacial score (nSPS) is 18.5. The number of furan rings is 1. The van der Waals surface area contributed by atoms with E-state index in [4.69, 9.17) is 13.9 Å². The van der Waals surface area contributed by atoms with Crippen molar-refractivity contribution in [2.24, 2.45) is 0 Å². The molecule has 7 nitrogen and oxygen atoms in total. The minimum Gasteiger partial charge on any atom is -0.507 e. The summed E-state index contributed by atoms with van der Waals surface area (Å²) in [7, 11) is 3.11. The van der Waals surface area contributed by atoms with Gasteiger partial charge in [0.1, 0.15) is 29.1 Å². The first-order valence-corrected chi connectivity index (χ1v) is 9.82. The third-order valence-corrected chi connectivity index (χ3v) is 5.23. The maximum absolute atomic E-state index is 12.9. The lowest BCUT2D eigenvalue weighted by molar-refractivity contribution is -0.140. The van der Waals surface area contributed by atoms with E-state index < -0.39 is 17.7 Å². The third kappa shape index (κ3) is 3.85. The fraction of sp³-hybridized carbons (Fsp3) is 0.391. The zero-order chi connectivity index (χ0) is 22.0. The summed E-state index contributed by atoms with van der Waals surface area (Å²) in [6, 6.07) is 7.86. The average molecular weight is 413 g/mol. The van der Waals surface area contributed by atoms with Gasteiger partial charge >= 0.3 is 0 Å². The number of aryl methyl sites for hydroxylation is 1. The summed E-state index contributed by atoms with van der Waals surface area (Å²) in [6.45, 7) is 6.25. The van der Waals surface area contributed by atoms with Gasteiger partial charge in [-0.15, -0.1) is 0 Å². The Morgan fingerprint density at radius 3 is 2.50 bits per heavy atom.